The molecule has 0 aromatic carbocycles. The Hall–Kier alpha value is -4.34. The summed E-state index contributed by atoms with van der Waals surface area (Å²) in [5, 5.41) is 25.7. The lowest BCUT2D eigenvalue weighted by atomic mass is 10.0. The summed E-state index contributed by atoms with van der Waals surface area (Å²) >= 11 is 1.44. The van der Waals surface area contributed by atoms with Crippen LogP contribution in [-0.4, -0.2) is 68.2 Å². The van der Waals surface area contributed by atoms with Gasteiger partial charge in [-0.3, -0.25) is 9.59 Å². The van der Waals surface area contributed by atoms with Crippen LogP contribution in [0, 0.1) is 11.3 Å². The average Bonchev–Trinajstić information content (AvgIpc) is 3.54. The Morgan fingerprint density at radius 3 is 2.40 bits per heavy atom. The molecule has 2 atom stereocenters. The molecule has 2 unspecified atom stereocenters. The molecule has 0 saturated carbocycles. The highest BCUT2D eigenvalue weighted by Gasteiger charge is 2.22. The Labute approximate surface area is 272 Å². The molecule has 246 valence electrons. The number of aliphatic hydroxyl groups is 1. The number of amides is 2. The molecule has 0 spiro atoms. The van der Waals surface area contributed by atoms with Gasteiger partial charge in [0.15, 0.2) is 0 Å². The number of rotatable bonds is 14. The van der Waals surface area contributed by atoms with E-state index in [-0.39, 0.29) is 29.2 Å². The molecule has 2 rings (SSSR count). The monoisotopic (exact) mass is 639 g/mol. The van der Waals surface area contributed by atoms with Crippen LogP contribution in [0.2, 0.25) is 0 Å². The van der Waals surface area contributed by atoms with E-state index in [1.807, 2.05) is 72.9 Å². The van der Waals surface area contributed by atoms with Gasteiger partial charge < -0.3 is 20.5 Å². The van der Waals surface area contributed by atoms with Gasteiger partial charge in [0.2, 0.25) is 0 Å². The van der Waals surface area contributed by atoms with Crippen molar-refractivity contribution >= 4 is 35.6 Å². The van der Waals surface area contributed by atoms with Gasteiger partial charge in [-0.15, -0.1) is 11.8 Å². The van der Waals surface area contributed by atoms with E-state index in [0.717, 1.165) is 29.4 Å². The normalized spacial score (nSPS) is 12.6. The predicted octanol–water partition coefficient (Wildman–Crippen LogP) is 5.78. The molecule has 0 aliphatic carbocycles. The first-order valence-electron chi connectivity index (χ1n) is 14.7. The van der Waals surface area contributed by atoms with Crippen molar-refractivity contribution in [3.05, 3.63) is 82.9 Å². The fraction of sp³-hybridized carbons (Fsp3) is 0.424. The minimum Gasteiger partial charge on any atom is -0.400 e. The first kappa shape index (κ1) is 42.8. The Morgan fingerprint density at radius 2 is 1.82 bits per heavy atom. The van der Waals surface area contributed by atoms with E-state index in [4.69, 9.17) is 10.4 Å². The van der Waals surface area contributed by atoms with Gasteiger partial charge in [0, 0.05) is 30.6 Å². The number of carbonyl (C=O) groups is 3. The van der Waals surface area contributed by atoms with Gasteiger partial charge in [-0.1, -0.05) is 69.7 Å². The number of nitriles is 1. The van der Waals surface area contributed by atoms with E-state index in [1.165, 1.54) is 34.7 Å². The first-order valence-corrected chi connectivity index (χ1v) is 15.9. The molecule has 0 aliphatic heterocycles. The number of aromatic nitrogens is 4. The molecule has 0 bridgehead atoms. The summed E-state index contributed by atoms with van der Waals surface area (Å²) in [5.41, 5.74) is 1.99. The Bertz CT molecular complexity index is 1370. The maximum atomic E-state index is 13.5. The second-order valence-electron chi connectivity index (χ2n) is 8.63. The summed E-state index contributed by atoms with van der Waals surface area (Å²) in [6.07, 6.45) is 15.8. The molecule has 11 nitrogen and oxygen atoms in total. The van der Waals surface area contributed by atoms with E-state index in [9.17, 15) is 14.4 Å². The van der Waals surface area contributed by atoms with Gasteiger partial charge in [0.05, 0.1) is 18.2 Å². The number of nitrogens with zero attached hydrogens (tertiary/aromatic N) is 5. The summed E-state index contributed by atoms with van der Waals surface area (Å²) in [6.45, 7) is 17.3. The van der Waals surface area contributed by atoms with Crippen LogP contribution in [0.3, 0.4) is 0 Å². The largest absolute Gasteiger partial charge is 0.400 e. The number of hydrogen-bond donors (Lipinski definition) is 3. The fourth-order valence-corrected chi connectivity index (χ4v) is 4.29. The quantitative estimate of drug-likeness (QED) is 0.101. The fourth-order valence-electron chi connectivity index (χ4n) is 3.67. The zero-order valence-electron chi connectivity index (χ0n) is 28.0. The number of thioether (sulfide) groups is 1. The van der Waals surface area contributed by atoms with Gasteiger partial charge in [-0.2, -0.15) is 19.9 Å². The SMILES string of the molecule is C=C/C=C(\C)C(CC/C=C(\C)CC=O)NC(=O)c1cc(C(=O)NC(C)/C(=C/C=C/C#N)SC)nc2ncnn12.CC.CC.CO. The van der Waals surface area contributed by atoms with Crippen molar-refractivity contribution in [3.63, 3.8) is 0 Å². The van der Waals surface area contributed by atoms with Gasteiger partial charge in [-0.25, -0.2) is 4.98 Å². The summed E-state index contributed by atoms with van der Waals surface area (Å²) in [6, 6.07) is 2.62. The zero-order valence-corrected chi connectivity index (χ0v) is 28.8. The molecule has 45 heavy (non-hydrogen) atoms. The molecule has 2 amide bonds. The third-order valence-corrected chi connectivity index (χ3v) is 6.71. The average molecular weight is 640 g/mol. The minimum atomic E-state index is -0.485. The lowest BCUT2D eigenvalue weighted by Gasteiger charge is -2.20. The van der Waals surface area contributed by atoms with Gasteiger partial charge >= 0.3 is 0 Å². The van der Waals surface area contributed by atoms with Crippen LogP contribution >= 0.6 is 11.8 Å². The van der Waals surface area contributed by atoms with Crippen molar-refractivity contribution in [1.29, 1.82) is 5.26 Å². The van der Waals surface area contributed by atoms with Crippen molar-refractivity contribution in [1.82, 2.24) is 30.2 Å². The van der Waals surface area contributed by atoms with E-state index < -0.39 is 11.8 Å². The van der Waals surface area contributed by atoms with Crippen LogP contribution in [0.25, 0.3) is 5.78 Å². The van der Waals surface area contributed by atoms with Crippen LogP contribution in [0.1, 0.15) is 88.7 Å². The number of carbonyl (C=O) groups excluding carboxylic acids is 3. The van der Waals surface area contributed by atoms with E-state index >= 15 is 0 Å². The van der Waals surface area contributed by atoms with Gasteiger partial charge in [-0.05, 0) is 45.9 Å². The highest BCUT2D eigenvalue weighted by Crippen LogP contribution is 2.17. The maximum Gasteiger partial charge on any atom is 0.270 e. The van der Waals surface area contributed by atoms with Gasteiger partial charge in [0.1, 0.15) is 24.0 Å². The van der Waals surface area contributed by atoms with Crippen molar-refractivity contribution in [2.45, 2.75) is 79.8 Å². The topological polar surface area (TPSA) is 162 Å². The van der Waals surface area contributed by atoms with Crippen LogP contribution in [0.4, 0.5) is 0 Å². The van der Waals surface area contributed by atoms with Crippen molar-refractivity contribution < 1.29 is 19.5 Å². The van der Waals surface area contributed by atoms with Crippen LogP contribution in [0.5, 0.6) is 0 Å². The van der Waals surface area contributed by atoms with E-state index in [1.54, 1.807) is 18.2 Å². The molecule has 12 heteroatoms. The summed E-state index contributed by atoms with van der Waals surface area (Å²) < 4.78 is 1.28. The number of fused-ring (bicyclic) bond motifs is 1. The van der Waals surface area contributed by atoms with Crippen LogP contribution < -0.4 is 10.6 Å². The smallest absolute Gasteiger partial charge is 0.270 e. The number of aldehydes is 1. The minimum absolute atomic E-state index is 0.0165. The molecular formula is C33H49N7O4S. The first-order chi connectivity index (χ1) is 21.7. The highest BCUT2D eigenvalue weighted by molar-refractivity contribution is 8.02. The Kier molecular flexibility index (Phi) is 24.8. The third kappa shape index (κ3) is 15.3. The molecule has 2 aromatic heterocycles. The number of aliphatic hydroxyl groups excluding tert-OH is 1. The second-order valence-corrected chi connectivity index (χ2v) is 9.51. The molecule has 3 N–H and O–H groups in total. The molecule has 2 aromatic rings. The Morgan fingerprint density at radius 1 is 1.16 bits per heavy atom. The van der Waals surface area contributed by atoms with E-state index in [0.29, 0.717) is 19.3 Å². The number of nitrogens with one attached hydrogen (secondary N) is 2. The maximum absolute atomic E-state index is 13.5. The number of allylic oxidation sites excluding steroid dienone is 7. The van der Waals surface area contributed by atoms with Gasteiger partial charge in [0.25, 0.3) is 17.6 Å². The summed E-state index contributed by atoms with van der Waals surface area (Å²) in [5.74, 6) is -0.821. The molecule has 0 radical (unpaired) electrons. The van der Waals surface area contributed by atoms with Crippen LogP contribution in [-0.2, 0) is 4.79 Å². The molecule has 0 fully saturated rings. The number of hydrogen-bond acceptors (Lipinski definition) is 9. The molecule has 0 aliphatic rings. The summed E-state index contributed by atoms with van der Waals surface area (Å²) in [7, 11) is 1.00. The molecule has 0 saturated heterocycles. The Balaban J connectivity index is 0. The lowest BCUT2D eigenvalue weighted by molar-refractivity contribution is -0.107. The highest BCUT2D eigenvalue weighted by atomic mass is 32.2. The van der Waals surface area contributed by atoms with E-state index in [2.05, 4.69) is 32.3 Å². The van der Waals surface area contributed by atoms with Crippen molar-refractivity contribution in [2.24, 2.45) is 0 Å². The van der Waals surface area contributed by atoms with Crippen LogP contribution in [0.15, 0.2) is 71.5 Å². The zero-order chi connectivity index (χ0) is 34.8. The third-order valence-electron chi connectivity index (χ3n) is 5.75. The standard InChI is InChI=1S/C28H33N7O3S.2C2H6.CH4O/c1-6-10-20(3)22(12-9-11-19(2)14-16-36)33-27(38)24-17-23(34-28-30-18-31-35(24)28)26(37)32-21(4)25(39-5)13-7-8-15-29;3*1-2/h6-8,10-11,13,16-18,21-22H,1,9,12,14H2,2-5H3,(H,32,37)(H,33,38);2*1-2H3;2H,1H3/b8-7+,19-11+,20-10+,25-13-;;;. The lowest BCUT2D eigenvalue weighted by Crippen LogP contribution is -2.38. The summed E-state index contributed by atoms with van der Waals surface area (Å²) in [4.78, 5) is 46.5. The predicted molar refractivity (Wildman–Crippen MR) is 184 cm³/mol. The second kappa shape index (κ2) is 26.1. The van der Waals surface area contributed by atoms with Crippen molar-refractivity contribution in [2.75, 3.05) is 13.4 Å². The molecular weight excluding hydrogens is 590 g/mol. The molecule has 2 heterocycles. The van der Waals surface area contributed by atoms with Crippen molar-refractivity contribution in [3.8, 4) is 6.07 Å².